The largest absolute Gasteiger partial charge is 0.354 e. The zero-order chi connectivity index (χ0) is 9.57. The van der Waals surface area contributed by atoms with Crippen LogP contribution in [-0.2, 0) is 0 Å². The first-order chi connectivity index (χ1) is 5.25. The van der Waals surface area contributed by atoms with Crippen LogP contribution < -0.4 is 5.32 Å². The van der Waals surface area contributed by atoms with Gasteiger partial charge >= 0.3 is 0 Å². The molecular formula is C9H19N3. The van der Waals surface area contributed by atoms with Crippen molar-refractivity contribution in [1.29, 1.82) is 5.41 Å². The highest BCUT2D eigenvalue weighted by molar-refractivity contribution is 5.80. The van der Waals surface area contributed by atoms with E-state index in [-0.39, 0.29) is 11.1 Å². The van der Waals surface area contributed by atoms with Gasteiger partial charge in [0.05, 0.1) is 5.54 Å². The van der Waals surface area contributed by atoms with Crippen molar-refractivity contribution in [1.82, 2.24) is 10.2 Å². The summed E-state index contributed by atoms with van der Waals surface area (Å²) in [6.07, 6.45) is 0. The van der Waals surface area contributed by atoms with Crippen LogP contribution in [0.4, 0.5) is 0 Å². The van der Waals surface area contributed by atoms with E-state index >= 15 is 0 Å². The fourth-order valence-electron chi connectivity index (χ4n) is 2.00. The van der Waals surface area contributed by atoms with E-state index in [0.717, 1.165) is 6.54 Å². The van der Waals surface area contributed by atoms with Gasteiger partial charge in [-0.1, -0.05) is 0 Å². The smallest absolute Gasteiger partial charge is 0.192 e. The Morgan fingerprint density at radius 3 is 2.08 bits per heavy atom. The van der Waals surface area contributed by atoms with E-state index in [9.17, 15) is 0 Å². The third-order valence-electron chi connectivity index (χ3n) is 2.19. The highest BCUT2D eigenvalue weighted by Gasteiger charge is 2.41. The average molecular weight is 169 g/mol. The molecule has 0 amide bonds. The maximum absolute atomic E-state index is 7.73. The lowest BCUT2D eigenvalue weighted by Crippen LogP contribution is -2.53. The van der Waals surface area contributed by atoms with Crippen molar-refractivity contribution in [2.75, 3.05) is 6.54 Å². The average Bonchev–Trinajstić information content (AvgIpc) is 2.03. The number of hydrogen-bond donors (Lipinski definition) is 2. The van der Waals surface area contributed by atoms with E-state index in [2.05, 4.69) is 44.8 Å². The lowest BCUT2D eigenvalue weighted by atomic mass is 9.97. The van der Waals surface area contributed by atoms with Crippen LogP contribution in [0.5, 0.6) is 0 Å². The summed E-state index contributed by atoms with van der Waals surface area (Å²) in [6, 6.07) is 0. The molecule has 0 saturated carbocycles. The Labute approximate surface area is 74.6 Å². The van der Waals surface area contributed by atoms with Crippen molar-refractivity contribution in [2.45, 2.75) is 45.7 Å². The Balaban J connectivity index is 2.93. The topological polar surface area (TPSA) is 39.1 Å². The van der Waals surface area contributed by atoms with Crippen molar-refractivity contribution in [2.24, 2.45) is 0 Å². The molecule has 0 aromatic heterocycles. The summed E-state index contributed by atoms with van der Waals surface area (Å²) >= 11 is 0. The summed E-state index contributed by atoms with van der Waals surface area (Å²) in [5, 5.41) is 10.8. The van der Waals surface area contributed by atoms with Crippen molar-refractivity contribution in [3.63, 3.8) is 0 Å². The van der Waals surface area contributed by atoms with Gasteiger partial charge in [-0.25, -0.2) is 0 Å². The lowest BCUT2D eigenvalue weighted by molar-refractivity contribution is 0.137. The predicted octanol–water partition coefficient (Wildman–Crippen LogP) is 1.40. The Morgan fingerprint density at radius 1 is 1.42 bits per heavy atom. The van der Waals surface area contributed by atoms with E-state index in [0.29, 0.717) is 5.96 Å². The van der Waals surface area contributed by atoms with Crippen LogP contribution in [0.25, 0.3) is 0 Å². The Morgan fingerprint density at radius 2 is 1.92 bits per heavy atom. The summed E-state index contributed by atoms with van der Waals surface area (Å²) in [4.78, 5) is 2.12. The van der Waals surface area contributed by atoms with Gasteiger partial charge in [-0.3, -0.25) is 5.41 Å². The second kappa shape index (κ2) is 2.38. The molecule has 1 aliphatic rings. The first-order valence-electron chi connectivity index (χ1n) is 4.38. The minimum absolute atomic E-state index is 0.0318. The van der Waals surface area contributed by atoms with E-state index in [1.165, 1.54) is 0 Å². The van der Waals surface area contributed by atoms with Crippen molar-refractivity contribution in [3.8, 4) is 0 Å². The second-order valence-electron chi connectivity index (χ2n) is 5.02. The van der Waals surface area contributed by atoms with Gasteiger partial charge in [-0.2, -0.15) is 0 Å². The second-order valence-corrected chi connectivity index (χ2v) is 5.02. The lowest BCUT2D eigenvalue weighted by Gasteiger charge is -2.42. The van der Waals surface area contributed by atoms with Gasteiger partial charge in [0.2, 0.25) is 0 Å². The number of nitrogens with one attached hydrogen (secondary N) is 2. The standard InChI is InChI=1S/C9H19N3/c1-8(2,3)12-7(10)11-6-9(12,4)5/h6H2,1-5H3,(H2,10,11). The quantitative estimate of drug-likeness (QED) is 0.575. The van der Waals surface area contributed by atoms with Gasteiger partial charge in [0.15, 0.2) is 5.96 Å². The first kappa shape index (κ1) is 9.36. The molecule has 0 aliphatic carbocycles. The summed E-state index contributed by atoms with van der Waals surface area (Å²) in [6.45, 7) is 11.6. The van der Waals surface area contributed by atoms with Crippen LogP contribution in [0.3, 0.4) is 0 Å². The van der Waals surface area contributed by atoms with Crippen molar-refractivity contribution < 1.29 is 0 Å². The van der Waals surface area contributed by atoms with Crippen LogP contribution in [0.15, 0.2) is 0 Å². The molecule has 0 spiro atoms. The number of nitrogens with zero attached hydrogens (tertiary/aromatic N) is 1. The molecule has 0 radical (unpaired) electrons. The molecule has 1 saturated heterocycles. The van der Waals surface area contributed by atoms with Gasteiger partial charge < -0.3 is 10.2 Å². The monoisotopic (exact) mass is 169 g/mol. The molecule has 3 heteroatoms. The van der Waals surface area contributed by atoms with Gasteiger partial charge in [-0.05, 0) is 34.6 Å². The van der Waals surface area contributed by atoms with Crippen molar-refractivity contribution in [3.05, 3.63) is 0 Å². The van der Waals surface area contributed by atoms with E-state index in [1.807, 2.05) is 0 Å². The van der Waals surface area contributed by atoms with Crippen LogP contribution in [-0.4, -0.2) is 28.5 Å². The normalized spacial score (nSPS) is 22.8. The van der Waals surface area contributed by atoms with E-state index in [1.54, 1.807) is 0 Å². The van der Waals surface area contributed by atoms with Crippen LogP contribution >= 0.6 is 0 Å². The van der Waals surface area contributed by atoms with Gasteiger partial charge in [0.1, 0.15) is 0 Å². The molecule has 0 atom stereocenters. The zero-order valence-electron chi connectivity index (χ0n) is 8.65. The molecule has 0 unspecified atom stereocenters. The minimum atomic E-state index is 0.0318. The third kappa shape index (κ3) is 1.40. The summed E-state index contributed by atoms with van der Waals surface area (Å²) in [7, 11) is 0. The van der Waals surface area contributed by atoms with Crippen LogP contribution in [0, 0.1) is 5.41 Å². The Kier molecular flexibility index (Phi) is 1.85. The van der Waals surface area contributed by atoms with Gasteiger partial charge in [-0.15, -0.1) is 0 Å². The van der Waals surface area contributed by atoms with Gasteiger partial charge in [0, 0.05) is 12.1 Å². The maximum atomic E-state index is 7.73. The summed E-state index contributed by atoms with van der Waals surface area (Å²) < 4.78 is 0. The fraction of sp³-hybridized carbons (Fsp3) is 0.889. The summed E-state index contributed by atoms with van der Waals surface area (Å²) in [5.41, 5.74) is 0.0966. The molecule has 1 rings (SSSR count). The van der Waals surface area contributed by atoms with E-state index < -0.39 is 0 Å². The summed E-state index contributed by atoms with van der Waals surface area (Å²) in [5.74, 6) is 0.549. The molecule has 0 aromatic rings. The maximum Gasteiger partial charge on any atom is 0.192 e. The molecule has 1 aliphatic heterocycles. The van der Waals surface area contributed by atoms with Gasteiger partial charge in [0.25, 0.3) is 0 Å². The first-order valence-corrected chi connectivity index (χ1v) is 4.38. The molecule has 70 valence electrons. The van der Waals surface area contributed by atoms with Crippen molar-refractivity contribution >= 4 is 5.96 Å². The van der Waals surface area contributed by atoms with E-state index in [4.69, 9.17) is 5.41 Å². The molecule has 3 nitrogen and oxygen atoms in total. The predicted molar refractivity (Wildman–Crippen MR) is 51.4 cm³/mol. The zero-order valence-corrected chi connectivity index (χ0v) is 8.65. The molecule has 1 heterocycles. The highest BCUT2D eigenvalue weighted by Crippen LogP contribution is 2.27. The molecule has 0 bridgehead atoms. The third-order valence-corrected chi connectivity index (χ3v) is 2.19. The Bertz CT molecular complexity index is 200. The SMILES string of the molecule is CC(C)(C)N1C(=N)NCC1(C)C. The Hall–Kier alpha value is -0.730. The van der Waals surface area contributed by atoms with Crippen LogP contribution in [0.1, 0.15) is 34.6 Å². The fourth-order valence-corrected chi connectivity index (χ4v) is 2.00. The number of hydrogen-bond acceptors (Lipinski definition) is 1. The number of guanidine groups is 1. The molecule has 0 aromatic carbocycles. The molecule has 1 fully saturated rings. The molecule has 12 heavy (non-hydrogen) atoms. The van der Waals surface area contributed by atoms with Crippen LogP contribution in [0.2, 0.25) is 0 Å². The molecular weight excluding hydrogens is 150 g/mol. The molecule has 2 N–H and O–H groups in total. The highest BCUT2D eigenvalue weighted by atomic mass is 15.4. The minimum Gasteiger partial charge on any atom is -0.354 e. The number of rotatable bonds is 0.